The van der Waals surface area contributed by atoms with Crippen molar-refractivity contribution in [2.24, 2.45) is 0 Å². The predicted molar refractivity (Wildman–Crippen MR) is 110 cm³/mol. The molecule has 1 amide bonds. The zero-order chi connectivity index (χ0) is 22.4. The van der Waals surface area contributed by atoms with Crippen LogP contribution in [0.3, 0.4) is 0 Å². The van der Waals surface area contributed by atoms with Crippen LogP contribution in [0.1, 0.15) is 28.4 Å². The molecule has 0 radical (unpaired) electrons. The number of nitrogens with one attached hydrogen (secondary N) is 3. The topological polar surface area (TPSA) is 105 Å². The van der Waals surface area contributed by atoms with Crippen LogP contribution in [0, 0.1) is 11.6 Å². The van der Waals surface area contributed by atoms with Gasteiger partial charge in [-0.05, 0) is 18.6 Å². The predicted octanol–water partition coefficient (Wildman–Crippen LogP) is 1.81. The second kappa shape index (κ2) is 9.70. The lowest BCUT2D eigenvalue weighted by Gasteiger charge is -2.14. The van der Waals surface area contributed by atoms with Crippen LogP contribution in [-0.4, -0.2) is 22.2 Å². The number of hydrogen-bond donors (Lipinski definition) is 3. The summed E-state index contributed by atoms with van der Waals surface area (Å²) in [7, 11) is 0. The van der Waals surface area contributed by atoms with E-state index in [4.69, 9.17) is 4.84 Å². The molecule has 8 nitrogen and oxygen atoms in total. The number of anilines is 1. The van der Waals surface area contributed by atoms with E-state index in [1.807, 2.05) is 0 Å². The minimum Gasteiger partial charge on any atom is -0.401 e. The van der Waals surface area contributed by atoms with Gasteiger partial charge in [-0.3, -0.25) is 14.6 Å². The number of hydrogen-bond acceptors (Lipinski definition) is 5. The van der Waals surface area contributed by atoms with Crippen LogP contribution in [0.4, 0.5) is 14.6 Å². The van der Waals surface area contributed by atoms with Gasteiger partial charge in [-0.1, -0.05) is 41.1 Å². The molecule has 0 saturated carbocycles. The smallest absolute Gasteiger partial charge is 0.363 e. The number of H-pyrrole nitrogens is 1. The van der Waals surface area contributed by atoms with Gasteiger partial charge in [-0.25, -0.2) is 13.6 Å². The molecule has 31 heavy (non-hydrogen) atoms. The van der Waals surface area contributed by atoms with Crippen molar-refractivity contribution in [3.05, 3.63) is 97.7 Å². The molecule has 2 aromatic carbocycles. The number of amides is 1. The molecular weight excluding hydrogens is 410 g/mol. The summed E-state index contributed by atoms with van der Waals surface area (Å²) in [6.07, 6.45) is 0. The van der Waals surface area contributed by atoms with Crippen molar-refractivity contribution >= 4 is 11.7 Å². The van der Waals surface area contributed by atoms with Crippen molar-refractivity contribution in [2.45, 2.75) is 20.1 Å². The zero-order valence-electron chi connectivity index (χ0n) is 16.6. The first-order chi connectivity index (χ1) is 14.9. The SMILES string of the molecule is CCNc1[nH]c(=O)n(OCc2ccccc2)c(=O)c1C(=O)NCc1ccc(F)cc1F. The third-order valence-electron chi connectivity index (χ3n) is 4.30. The largest absolute Gasteiger partial charge is 0.401 e. The fraction of sp³-hybridized carbons (Fsp3) is 0.190. The molecule has 0 atom stereocenters. The molecule has 1 heterocycles. The highest BCUT2D eigenvalue weighted by Gasteiger charge is 2.22. The molecule has 3 rings (SSSR count). The fourth-order valence-corrected chi connectivity index (χ4v) is 2.80. The standard InChI is InChI=1S/C21H20F2N4O4/c1-2-24-18-17(19(28)25-11-14-8-9-15(22)10-16(14)23)20(29)27(21(30)26-18)31-12-13-6-4-3-5-7-13/h3-10,24H,2,11-12H2,1H3,(H,25,28)(H,26,30). The minimum absolute atomic E-state index is 0.0322. The Morgan fingerprint density at radius 1 is 1.13 bits per heavy atom. The summed E-state index contributed by atoms with van der Waals surface area (Å²) in [6, 6.07) is 11.8. The van der Waals surface area contributed by atoms with Crippen LogP contribution < -0.4 is 26.7 Å². The molecule has 162 valence electrons. The number of rotatable bonds is 8. The summed E-state index contributed by atoms with van der Waals surface area (Å²) in [6.45, 7) is 1.66. The molecule has 0 saturated heterocycles. The highest BCUT2D eigenvalue weighted by molar-refractivity contribution is 5.98. The lowest BCUT2D eigenvalue weighted by atomic mass is 10.2. The molecule has 0 aliphatic carbocycles. The quantitative estimate of drug-likeness (QED) is 0.506. The maximum atomic E-state index is 13.8. The maximum absolute atomic E-state index is 13.8. The van der Waals surface area contributed by atoms with Crippen molar-refractivity contribution < 1.29 is 18.4 Å². The van der Waals surface area contributed by atoms with Crippen LogP contribution >= 0.6 is 0 Å². The molecule has 0 aliphatic rings. The molecule has 0 unspecified atom stereocenters. The monoisotopic (exact) mass is 430 g/mol. The Labute approximate surface area is 175 Å². The summed E-state index contributed by atoms with van der Waals surface area (Å²) in [5, 5.41) is 5.15. The Balaban J connectivity index is 1.88. The Bertz CT molecular complexity index is 1190. The van der Waals surface area contributed by atoms with Gasteiger partial charge >= 0.3 is 11.2 Å². The van der Waals surface area contributed by atoms with Crippen LogP contribution in [0.25, 0.3) is 0 Å². The van der Waals surface area contributed by atoms with Crippen molar-refractivity contribution in [3.63, 3.8) is 0 Å². The van der Waals surface area contributed by atoms with Gasteiger partial charge in [0, 0.05) is 24.7 Å². The molecular formula is C21H20F2N4O4. The fourth-order valence-electron chi connectivity index (χ4n) is 2.80. The molecule has 0 aliphatic heterocycles. The molecule has 1 aromatic heterocycles. The molecule has 0 bridgehead atoms. The number of carbonyl (C=O) groups is 1. The van der Waals surface area contributed by atoms with Crippen LogP contribution in [0.5, 0.6) is 0 Å². The summed E-state index contributed by atoms with van der Waals surface area (Å²) < 4.78 is 27.3. The Hall–Kier alpha value is -3.95. The van der Waals surface area contributed by atoms with E-state index in [1.165, 1.54) is 6.07 Å². The Morgan fingerprint density at radius 3 is 2.55 bits per heavy atom. The first-order valence-electron chi connectivity index (χ1n) is 9.43. The van der Waals surface area contributed by atoms with Crippen molar-refractivity contribution in [2.75, 3.05) is 11.9 Å². The molecule has 3 aromatic rings. The van der Waals surface area contributed by atoms with Crippen LogP contribution in [0.2, 0.25) is 0 Å². The van der Waals surface area contributed by atoms with Crippen LogP contribution in [0.15, 0.2) is 58.1 Å². The second-order valence-corrected chi connectivity index (χ2v) is 6.49. The summed E-state index contributed by atoms with van der Waals surface area (Å²) >= 11 is 0. The van der Waals surface area contributed by atoms with Gasteiger partial charge in [0.15, 0.2) is 0 Å². The lowest BCUT2D eigenvalue weighted by Crippen LogP contribution is -2.45. The van der Waals surface area contributed by atoms with E-state index in [0.717, 1.165) is 6.07 Å². The van der Waals surface area contributed by atoms with E-state index >= 15 is 0 Å². The van der Waals surface area contributed by atoms with Gasteiger partial charge in [0.1, 0.15) is 29.6 Å². The molecule has 10 heteroatoms. The number of aromatic nitrogens is 2. The highest BCUT2D eigenvalue weighted by atomic mass is 19.1. The average molecular weight is 430 g/mol. The molecule has 3 N–H and O–H groups in total. The van der Waals surface area contributed by atoms with Gasteiger partial charge in [-0.2, -0.15) is 0 Å². The van der Waals surface area contributed by atoms with E-state index in [2.05, 4.69) is 15.6 Å². The summed E-state index contributed by atoms with van der Waals surface area (Å²) in [5.41, 5.74) is -1.50. The number of benzene rings is 2. The normalized spacial score (nSPS) is 10.5. The second-order valence-electron chi connectivity index (χ2n) is 6.49. The van der Waals surface area contributed by atoms with E-state index < -0.39 is 34.4 Å². The first kappa shape index (κ1) is 21.8. The van der Waals surface area contributed by atoms with Gasteiger partial charge in [0.05, 0.1) is 0 Å². The number of halogens is 2. The van der Waals surface area contributed by atoms with Gasteiger partial charge in [0.2, 0.25) is 0 Å². The third-order valence-corrected chi connectivity index (χ3v) is 4.30. The van der Waals surface area contributed by atoms with E-state index in [1.54, 1.807) is 37.3 Å². The minimum atomic E-state index is -0.979. The zero-order valence-corrected chi connectivity index (χ0v) is 16.6. The lowest BCUT2D eigenvalue weighted by molar-refractivity contribution is 0.0764. The summed E-state index contributed by atoms with van der Waals surface area (Å²) in [5.74, 6) is -2.54. The van der Waals surface area contributed by atoms with Gasteiger partial charge in [-0.15, -0.1) is 0 Å². The maximum Gasteiger partial charge on any atom is 0.363 e. The summed E-state index contributed by atoms with van der Waals surface area (Å²) in [4.78, 5) is 45.6. The van der Waals surface area contributed by atoms with Crippen molar-refractivity contribution in [1.82, 2.24) is 15.0 Å². The highest BCUT2D eigenvalue weighted by Crippen LogP contribution is 2.10. The third kappa shape index (κ3) is 5.16. The van der Waals surface area contributed by atoms with Gasteiger partial charge < -0.3 is 15.5 Å². The van der Waals surface area contributed by atoms with E-state index in [-0.39, 0.29) is 24.5 Å². The Kier molecular flexibility index (Phi) is 6.81. The average Bonchev–Trinajstić information content (AvgIpc) is 2.73. The number of carbonyl (C=O) groups excluding carboxylic acids is 1. The number of nitrogens with zero attached hydrogens (tertiary/aromatic N) is 1. The first-order valence-corrected chi connectivity index (χ1v) is 9.43. The number of aromatic amines is 1. The van der Waals surface area contributed by atoms with Gasteiger partial charge in [0.25, 0.3) is 5.91 Å². The van der Waals surface area contributed by atoms with E-state index in [0.29, 0.717) is 22.9 Å². The van der Waals surface area contributed by atoms with Crippen molar-refractivity contribution in [1.29, 1.82) is 0 Å². The van der Waals surface area contributed by atoms with Crippen molar-refractivity contribution in [3.8, 4) is 0 Å². The molecule has 0 spiro atoms. The molecule has 0 fully saturated rings. The Morgan fingerprint density at radius 2 is 1.87 bits per heavy atom. The van der Waals surface area contributed by atoms with Crippen LogP contribution in [-0.2, 0) is 13.2 Å². The van der Waals surface area contributed by atoms with E-state index in [9.17, 15) is 23.2 Å².